The molecule has 2 heterocycles. The summed E-state index contributed by atoms with van der Waals surface area (Å²) in [5.41, 5.74) is 0. The minimum absolute atomic E-state index is 0.560. The standard InChI is InChI=1S/C26H36O18/c1-10(27)35-8-17-19(37-12(3)29)21(23(25(34)42-17)40-15(6)32)44-26-24(41-16(7)33)22(39-14(5)31)20(38-13(4)30)18(43-26)9-36-11(2)28/h17-26,34H,8-9H2,1-7H3/t17-,18-,19-,20-,21+,22+,23-,24-,25-,26+/m1/s1. The fourth-order valence-corrected chi connectivity index (χ4v) is 4.49. The van der Waals surface area contributed by atoms with Crippen molar-refractivity contribution in [1.29, 1.82) is 0 Å². The van der Waals surface area contributed by atoms with Gasteiger partial charge in [-0.3, -0.25) is 33.6 Å². The average Bonchev–Trinajstić information content (AvgIpc) is 2.87. The van der Waals surface area contributed by atoms with E-state index in [0.29, 0.717) is 0 Å². The molecule has 0 radical (unpaired) electrons. The maximum absolute atomic E-state index is 12.2. The van der Waals surface area contributed by atoms with Crippen molar-refractivity contribution in [2.24, 2.45) is 0 Å². The molecule has 2 fully saturated rings. The first-order valence-electron chi connectivity index (χ1n) is 13.3. The van der Waals surface area contributed by atoms with Gasteiger partial charge in [0.05, 0.1) is 0 Å². The predicted octanol–water partition coefficient (Wildman–Crippen LogP) is -1.40. The second-order valence-electron chi connectivity index (χ2n) is 9.68. The van der Waals surface area contributed by atoms with Crippen molar-refractivity contribution in [2.45, 2.75) is 110 Å². The first-order chi connectivity index (χ1) is 20.5. The fraction of sp³-hybridized carbons (Fsp3) is 0.731. The van der Waals surface area contributed by atoms with E-state index < -0.39 is 116 Å². The van der Waals surface area contributed by atoms with Gasteiger partial charge >= 0.3 is 41.8 Å². The van der Waals surface area contributed by atoms with Crippen molar-refractivity contribution in [3.8, 4) is 0 Å². The molecular formula is C26H36O18. The highest BCUT2D eigenvalue weighted by atomic mass is 16.8. The van der Waals surface area contributed by atoms with Crippen molar-refractivity contribution >= 4 is 41.8 Å². The van der Waals surface area contributed by atoms with Crippen LogP contribution in [0, 0.1) is 0 Å². The van der Waals surface area contributed by atoms with Crippen LogP contribution in [0.5, 0.6) is 0 Å². The molecule has 1 N–H and O–H groups in total. The van der Waals surface area contributed by atoms with E-state index in [1.165, 1.54) is 0 Å². The Morgan fingerprint density at radius 1 is 0.477 bits per heavy atom. The lowest BCUT2D eigenvalue weighted by atomic mass is 9.96. The first-order valence-corrected chi connectivity index (χ1v) is 13.3. The lowest BCUT2D eigenvalue weighted by Crippen LogP contribution is -2.67. The van der Waals surface area contributed by atoms with Crippen molar-refractivity contribution in [3.05, 3.63) is 0 Å². The lowest BCUT2D eigenvalue weighted by molar-refractivity contribution is -0.357. The topological polar surface area (TPSA) is 232 Å². The fourth-order valence-electron chi connectivity index (χ4n) is 4.49. The number of rotatable bonds is 11. The van der Waals surface area contributed by atoms with Crippen molar-refractivity contribution in [1.82, 2.24) is 0 Å². The van der Waals surface area contributed by atoms with Crippen molar-refractivity contribution in [3.63, 3.8) is 0 Å². The summed E-state index contributed by atoms with van der Waals surface area (Å²) < 4.78 is 54.0. The number of aliphatic hydroxyl groups is 1. The van der Waals surface area contributed by atoms with Crippen LogP contribution < -0.4 is 0 Å². The molecule has 0 aliphatic carbocycles. The van der Waals surface area contributed by atoms with Crippen LogP contribution in [-0.2, 0) is 80.9 Å². The van der Waals surface area contributed by atoms with Crippen molar-refractivity contribution < 1.29 is 86.0 Å². The predicted molar refractivity (Wildman–Crippen MR) is 135 cm³/mol. The monoisotopic (exact) mass is 636 g/mol. The Balaban J connectivity index is 2.66. The van der Waals surface area contributed by atoms with Gasteiger partial charge in [-0.25, -0.2) is 0 Å². The van der Waals surface area contributed by atoms with Crippen LogP contribution in [0.4, 0.5) is 0 Å². The zero-order valence-electron chi connectivity index (χ0n) is 25.1. The average molecular weight is 637 g/mol. The van der Waals surface area contributed by atoms with Gasteiger partial charge < -0.3 is 52.5 Å². The van der Waals surface area contributed by atoms with E-state index in [0.717, 1.165) is 48.5 Å². The molecule has 248 valence electrons. The molecule has 10 atom stereocenters. The summed E-state index contributed by atoms with van der Waals surface area (Å²) in [4.78, 5) is 83.5. The molecule has 0 aromatic heterocycles. The molecule has 0 aromatic rings. The van der Waals surface area contributed by atoms with Gasteiger partial charge in [0.15, 0.2) is 43.1 Å². The summed E-state index contributed by atoms with van der Waals surface area (Å²) in [5.74, 6) is -6.03. The van der Waals surface area contributed by atoms with Crippen LogP contribution in [0.15, 0.2) is 0 Å². The Labute approximate surface area is 251 Å². The van der Waals surface area contributed by atoms with E-state index in [4.69, 9.17) is 47.4 Å². The van der Waals surface area contributed by atoms with E-state index in [1.54, 1.807) is 0 Å². The number of ether oxygens (including phenoxy) is 10. The van der Waals surface area contributed by atoms with E-state index >= 15 is 0 Å². The molecule has 0 amide bonds. The maximum Gasteiger partial charge on any atom is 0.303 e. The second kappa shape index (κ2) is 16.3. The molecule has 2 aliphatic rings. The molecule has 2 aliphatic heterocycles. The van der Waals surface area contributed by atoms with Gasteiger partial charge in [-0.1, -0.05) is 0 Å². The van der Waals surface area contributed by atoms with Crippen LogP contribution in [0.3, 0.4) is 0 Å². The largest absolute Gasteiger partial charge is 0.463 e. The summed E-state index contributed by atoms with van der Waals surface area (Å²) in [6.45, 7) is 6.13. The highest BCUT2D eigenvalue weighted by Gasteiger charge is 2.57. The summed E-state index contributed by atoms with van der Waals surface area (Å²) in [6, 6.07) is 0. The first kappa shape index (κ1) is 36.3. The third-order valence-corrected chi connectivity index (χ3v) is 5.90. The van der Waals surface area contributed by atoms with E-state index in [2.05, 4.69) is 0 Å². The molecule has 0 spiro atoms. The van der Waals surface area contributed by atoms with Gasteiger partial charge in [0.2, 0.25) is 0 Å². The smallest absolute Gasteiger partial charge is 0.303 e. The Morgan fingerprint density at radius 2 is 0.841 bits per heavy atom. The second-order valence-corrected chi connectivity index (χ2v) is 9.68. The molecule has 18 heteroatoms. The molecule has 18 nitrogen and oxygen atoms in total. The molecule has 0 saturated carbocycles. The van der Waals surface area contributed by atoms with E-state index in [9.17, 15) is 38.7 Å². The van der Waals surface area contributed by atoms with Gasteiger partial charge in [0, 0.05) is 48.5 Å². The molecule has 44 heavy (non-hydrogen) atoms. The minimum Gasteiger partial charge on any atom is -0.463 e. The summed E-state index contributed by atoms with van der Waals surface area (Å²) >= 11 is 0. The molecular weight excluding hydrogens is 600 g/mol. The quantitative estimate of drug-likeness (QED) is 0.203. The molecule has 0 bridgehead atoms. The van der Waals surface area contributed by atoms with Crippen LogP contribution in [0.25, 0.3) is 0 Å². The molecule has 2 rings (SSSR count). The molecule has 0 aromatic carbocycles. The summed E-state index contributed by atoms with van der Waals surface area (Å²) in [5, 5.41) is 10.8. The molecule has 2 saturated heterocycles. The Kier molecular flexibility index (Phi) is 13.4. The number of hydrogen-bond donors (Lipinski definition) is 1. The van der Waals surface area contributed by atoms with Crippen molar-refractivity contribution in [2.75, 3.05) is 13.2 Å². The maximum atomic E-state index is 12.2. The number of aliphatic hydroxyl groups excluding tert-OH is 1. The highest BCUT2D eigenvalue weighted by molar-refractivity contribution is 5.69. The van der Waals surface area contributed by atoms with E-state index in [1.807, 2.05) is 0 Å². The van der Waals surface area contributed by atoms with Gasteiger partial charge in [-0.2, -0.15) is 0 Å². The number of esters is 7. The van der Waals surface area contributed by atoms with Crippen LogP contribution in [0.1, 0.15) is 48.5 Å². The number of hydrogen-bond acceptors (Lipinski definition) is 18. The Hall–Kier alpha value is -3.87. The van der Waals surface area contributed by atoms with Crippen LogP contribution in [0.2, 0.25) is 0 Å². The number of carbonyl (C=O) groups is 7. The normalized spacial score (nSPS) is 31.5. The zero-order valence-corrected chi connectivity index (χ0v) is 25.1. The van der Waals surface area contributed by atoms with Crippen LogP contribution >= 0.6 is 0 Å². The minimum atomic E-state index is -1.94. The lowest BCUT2D eigenvalue weighted by Gasteiger charge is -2.48. The van der Waals surface area contributed by atoms with Gasteiger partial charge in [0.25, 0.3) is 0 Å². The highest BCUT2D eigenvalue weighted by Crippen LogP contribution is 2.35. The van der Waals surface area contributed by atoms with Gasteiger partial charge in [-0.15, -0.1) is 0 Å². The molecule has 0 unspecified atom stereocenters. The zero-order chi connectivity index (χ0) is 33.3. The van der Waals surface area contributed by atoms with Gasteiger partial charge in [0.1, 0.15) is 31.5 Å². The van der Waals surface area contributed by atoms with E-state index in [-0.39, 0.29) is 0 Å². The Bertz CT molecular complexity index is 1090. The summed E-state index contributed by atoms with van der Waals surface area (Å²) in [6.07, 6.45) is -16.4. The summed E-state index contributed by atoms with van der Waals surface area (Å²) in [7, 11) is 0. The SMILES string of the molecule is CC(=O)OC[C@H]1O[C@@H](O)[C@H](OC(C)=O)[C@@H](O[C@@H]2O[C@H](COC(C)=O)[C@@H](OC(C)=O)[C@H](OC(C)=O)[C@H]2OC(C)=O)[C@@H]1OC(C)=O. The number of carbonyl (C=O) groups excluding carboxylic acids is 7. The van der Waals surface area contributed by atoms with Gasteiger partial charge in [-0.05, 0) is 0 Å². The third-order valence-electron chi connectivity index (χ3n) is 5.90. The van der Waals surface area contributed by atoms with Crippen LogP contribution in [-0.4, -0.2) is 122 Å². The third kappa shape index (κ3) is 10.7. The Morgan fingerprint density at radius 3 is 1.27 bits per heavy atom.